The van der Waals surface area contributed by atoms with Gasteiger partial charge in [-0.25, -0.2) is 4.98 Å². The molecule has 0 unspecified atom stereocenters. The molecule has 0 aliphatic rings. The summed E-state index contributed by atoms with van der Waals surface area (Å²) in [7, 11) is 3.04. The Hall–Kier alpha value is -2.87. The second-order valence-electron chi connectivity index (χ2n) is 6.64. The molecule has 1 aromatic carbocycles. The van der Waals surface area contributed by atoms with Crippen molar-refractivity contribution in [3.05, 3.63) is 41.5 Å². The number of nitrogens with one attached hydrogen (secondary N) is 1. The molecule has 1 N–H and O–H groups in total. The van der Waals surface area contributed by atoms with Crippen LogP contribution in [0.25, 0.3) is 16.2 Å². The number of amides is 1. The topological polar surface area (TPSA) is 81.9 Å². The molecular formula is C21H25N3O4S. The average Bonchev–Trinajstić information content (AvgIpc) is 3.32. The van der Waals surface area contributed by atoms with Crippen molar-refractivity contribution in [2.45, 2.75) is 32.1 Å². The second kappa shape index (κ2) is 10.1. The number of imidazole rings is 1. The van der Waals surface area contributed by atoms with Crippen LogP contribution in [0.1, 0.15) is 41.8 Å². The number of rotatable bonds is 10. The molecule has 0 aliphatic carbocycles. The Kier molecular flexibility index (Phi) is 7.24. The van der Waals surface area contributed by atoms with Gasteiger partial charge in [0.1, 0.15) is 10.6 Å². The van der Waals surface area contributed by atoms with E-state index in [0.29, 0.717) is 17.8 Å². The fourth-order valence-corrected chi connectivity index (χ4v) is 3.84. The molecule has 29 heavy (non-hydrogen) atoms. The number of methoxy groups -OCH3 is 2. The molecule has 7 nitrogen and oxygen atoms in total. The summed E-state index contributed by atoms with van der Waals surface area (Å²) < 4.78 is 11.7. The zero-order valence-corrected chi connectivity index (χ0v) is 17.5. The maximum absolute atomic E-state index is 12.3. The van der Waals surface area contributed by atoms with E-state index in [9.17, 15) is 9.59 Å². The summed E-state index contributed by atoms with van der Waals surface area (Å²) in [5, 5.41) is 2.94. The van der Waals surface area contributed by atoms with Crippen molar-refractivity contribution in [3.63, 3.8) is 0 Å². The standard InChI is InChI=1S/C21H25N3O4S/c1-27-16-9-7-8-15(12-16)17-13-24-14-18(29-21(24)23-17)20(26)22-11-6-4-3-5-10-19(25)28-2/h7-9,12-14H,3-6,10-11H2,1-2H3,(H,22,26). The first-order valence-electron chi connectivity index (χ1n) is 9.58. The Labute approximate surface area is 173 Å². The molecule has 0 aliphatic heterocycles. The Morgan fingerprint density at radius 2 is 1.97 bits per heavy atom. The van der Waals surface area contributed by atoms with E-state index in [0.717, 1.165) is 47.7 Å². The van der Waals surface area contributed by atoms with Crippen molar-refractivity contribution in [1.82, 2.24) is 14.7 Å². The summed E-state index contributed by atoms with van der Waals surface area (Å²) in [4.78, 5) is 29.4. The van der Waals surface area contributed by atoms with Crippen LogP contribution in [0.3, 0.4) is 0 Å². The molecule has 3 aromatic rings. The fraction of sp³-hybridized carbons (Fsp3) is 0.381. The molecule has 1 amide bonds. The highest BCUT2D eigenvalue weighted by atomic mass is 32.1. The van der Waals surface area contributed by atoms with Gasteiger partial charge in [0.05, 0.1) is 19.9 Å². The van der Waals surface area contributed by atoms with Gasteiger partial charge in [-0.3, -0.25) is 14.0 Å². The van der Waals surface area contributed by atoms with Crippen LogP contribution in [-0.4, -0.2) is 42.0 Å². The minimum Gasteiger partial charge on any atom is -0.497 e. The van der Waals surface area contributed by atoms with Crippen molar-refractivity contribution >= 4 is 28.2 Å². The lowest BCUT2D eigenvalue weighted by Gasteiger charge is -2.03. The zero-order valence-electron chi connectivity index (χ0n) is 16.6. The van der Waals surface area contributed by atoms with E-state index in [-0.39, 0.29) is 11.9 Å². The van der Waals surface area contributed by atoms with Crippen LogP contribution in [0.2, 0.25) is 0 Å². The predicted molar refractivity (Wildman–Crippen MR) is 112 cm³/mol. The molecular weight excluding hydrogens is 390 g/mol. The molecule has 0 saturated carbocycles. The number of carbonyl (C=O) groups is 2. The van der Waals surface area contributed by atoms with E-state index in [1.165, 1.54) is 18.4 Å². The minimum atomic E-state index is -0.171. The number of esters is 1. The Bertz CT molecular complexity index is 948. The normalized spacial score (nSPS) is 10.8. The van der Waals surface area contributed by atoms with E-state index >= 15 is 0 Å². The highest BCUT2D eigenvalue weighted by Gasteiger charge is 2.13. The summed E-state index contributed by atoms with van der Waals surface area (Å²) in [6.45, 7) is 0.617. The van der Waals surface area contributed by atoms with Gasteiger partial charge in [0.2, 0.25) is 0 Å². The van der Waals surface area contributed by atoms with Crippen molar-refractivity contribution in [3.8, 4) is 17.0 Å². The van der Waals surface area contributed by atoms with Gasteiger partial charge in [-0.05, 0) is 25.0 Å². The summed E-state index contributed by atoms with van der Waals surface area (Å²) >= 11 is 1.37. The van der Waals surface area contributed by atoms with Crippen molar-refractivity contribution < 1.29 is 19.1 Å². The summed E-state index contributed by atoms with van der Waals surface area (Å²) in [5.41, 5.74) is 1.81. The SMILES string of the molecule is COC(=O)CCCCCCNC(=O)c1cn2cc(-c3cccc(OC)c3)nc2s1. The van der Waals surface area contributed by atoms with Gasteiger partial charge in [0.15, 0.2) is 4.96 Å². The number of fused-ring (bicyclic) bond motifs is 1. The molecule has 2 aromatic heterocycles. The van der Waals surface area contributed by atoms with E-state index < -0.39 is 0 Å². The minimum absolute atomic E-state index is 0.0852. The van der Waals surface area contributed by atoms with E-state index in [1.807, 2.05) is 41.1 Å². The number of aromatic nitrogens is 2. The average molecular weight is 416 g/mol. The number of unbranched alkanes of at least 4 members (excludes halogenated alkanes) is 3. The van der Waals surface area contributed by atoms with Crippen LogP contribution in [0, 0.1) is 0 Å². The third kappa shape index (κ3) is 5.57. The van der Waals surface area contributed by atoms with Gasteiger partial charge in [0.25, 0.3) is 5.91 Å². The maximum Gasteiger partial charge on any atom is 0.305 e. The summed E-state index contributed by atoms with van der Waals surface area (Å²) in [5.74, 6) is 0.526. The Morgan fingerprint density at radius 3 is 2.72 bits per heavy atom. The molecule has 0 radical (unpaired) electrons. The largest absolute Gasteiger partial charge is 0.497 e. The highest BCUT2D eigenvalue weighted by molar-refractivity contribution is 7.18. The quantitative estimate of drug-likeness (QED) is 0.401. The third-order valence-electron chi connectivity index (χ3n) is 4.57. The predicted octanol–water partition coefficient (Wildman–Crippen LogP) is 3.92. The van der Waals surface area contributed by atoms with Crippen LogP contribution < -0.4 is 10.1 Å². The maximum atomic E-state index is 12.3. The smallest absolute Gasteiger partial charge is 0.305 e. The molecule has 0 bridgehead atoms. The van der Waals surface area contributed by atoms with Gasteiger partial charge in [-0.2, -0.15) is 0 Å². The Balaban J connectivity index is 1.48. The van der Waals surface area contributed by atoms with E-state index in [1.54, 1.807) is 7.11 Å². The first-order chi connectivity index (χ1) is 14.1. The van der Waals surface area contributed by atoms with Crippen LogP contribution >= 0.6 is 11.3 Å². The Morgan fingerprint density at radius 1 is 1.14 bits per heavy atom. The van der Waals surface area contributed by atoms with Crippen LogP contribution in [0.5, 0.6) is 5.75 Å². The number of carbonyl (C=O) groups excluding carboxylic acids is 2. The lowest BCUT2D eigenvalue weighted by atomic mass is 10.1. The lowest BCUT2D eigenvalue weighted by Crippen LogP contribution is -2.23. The van der Waals surface area contributed by atoms with Crippen LogP contribution in [0.4, 0.5) is 0 Å². The third-order valence-corrected chi connectivity index (χ3v) is 5.56. The molecule has 3 rings (SSSR count). The molecule has 0 spiro atoms. The number of thiazole rings is 1. The molecule has 0 saturated heterocycles. The van der Waals surface area contributed by atoms with Crippen molar-refractivity contribution in [2.24, 2.45) is 0 Å². The fourth-order valence-electron chi connectivity index (χ4n) is 2.96. The van der Waals surface area contributed by atoms with Gasteiger partial charge >= 0.3 is 5.97 Å². The first-order valence-corrected chi connectivity index (χ1v) is 10.4. The number of ether oxygens (including phenoxy) is 2. The summed E-state index contributed by atoms with van der Waals surface area (Å²) in [6.07, 6.45) is 7.80. The molecule has 154 valence electrons. The van der Waals surface area contributed by atoms with Crippen LogP contribution in [0.15, 0.2) is 36.7 Å². The summed E-state index contributed by atoms with van der Waals surface area (Å²) in [6, 6.07) is 7.73. The van der Waals surface area contributed by atoms with Gasteiger partial charge in [-0.1, -0.05) is 36.3 Å². The van der Waals surface area contributed by atoms with Crippen molar-refractivity contribution in [2.75, 3.05) is 20.8 Å². The molecule has 2 heterocycles. The first kappa shape index (κ1) is 20.9. The van der Waals surface area contributed by atoms with Gasteiger partial charge in [0, 0.05) is 30.9 Å². The monoisotopic (exact) mass is 415 g/mol. The van der Waals surface area contributed by atoms with Crippen LogP contribution in [-0.2, 0) is 9.53 Å². The highest BCUT2D eigenvalue weighted by Crippen LogP contribution is 2.26. The second-order valence-corrected chi connectivity index (χ2v) is 7.65. The molecule has 0 fully saturated rings. The number of nitrogens with zero attached hydrogens (tertiary/aromatic N) is 2. The van der Waals surface area contributed by atoms with E-state index in [4.69, 9.17) is 4.74 Å². The zero-order chi connectivity index (χ0) is 20.6. The van der Waals surface area contributed by atoms with Crippen molar-refractivity contribution in [1.29, 1.82) is 0 Å². The number of hydrogen-bond donors (Lipinski definition) is 1. The molecule has 8 heteroatoms. The number of benzene rings is 1. The molecule has 0 atom stereocenters. The number of hydrogen-bond acceptors (Lipinski definition) is 6. The van der Waals surface area contributed by atoms with E-state index in [2.05, 4.69) is 15.0 Å². The lowest BCUT2D eigenvalue weighted by molar-refractivity contribution is -0.140. The van der Waals surface area contributed by atoms with Gasteiger partial charge < -0.3 is 14.8 Å². The van der Waals surface area contributed by atoms with Gasteiger partial charge in [-0.15, -0.1) is 0 Å².